The lowest BCUT2D eigenvalue weighted by Gasteiger charge is -2.18. The summed E-state index contributed by atoms with van der Waals surface area (Å²) in [4.78, 5) is 38.2. The molecule has 0 saturated heterocycles. The minimum atomic E-state index is -0.787. The standard InChI is InChI=1S/C64H116O6/c1-4-7-10-13-16-19-22-25-28-30-31-32-34-36-39-42-45-48-51-54-57-63(66)69-60-61(59-68-62(65)56-53-50-47-44-41-38-35-27-24-21-18-15-12-9-6-3)70-64(67)58-55-52-49-46-43-40-37-33-29-26-23-20-17-14-11-8-5-2/h9,12,18,21,27,35,41,44,61H,4-8,10-11,13-17,19-20,22-26,28-34,36-40,42-43,45-60H2,1-3H3/b12-9-,21-18-,35-27-,44-41-. The van der Waals surface area contributed by atoms with Gasteiger partial charge in [-0.1, -0.05) is 294 Å². The SMILES string of the molecule is CC/C=C\C/C=C\C/C=C\C/C=C\CCCCC(=O)OCC(COC(=O)CCCCCCCCCCCCCCCCCCCCCC)OC(=O)CCCCCCCCCCCCCCCCCCC. The Morgan fingerprint density at radius 2 is 0.557 bits per heavy atom. The Morgan fingerprint density at radius 3 is 0.871 bits per heavy atom. The van der Waals surface area contributed by atoms with Crippen LogP contribution in [-0.2, 0) is 28.6 Å². The lowest BCUT2D eigenvalue weighted by atomic mass is 10.0. The van der Waals surface area contributed by atoms with Gasteiger partial charge < -0.3 is 14.2 Å². The Morgan fingerprint density at radius 1 is 0.300 bits per heavy atom. The second-order valence-corrected chi connectivity index (χ2v) is 20.6. The van der Waals surface area contributed by atoms with Gasteiger partial charge in [-0.2, -0.15) is 0 Å². The van der Waals surface area contributed by atoms with E-state index in [9.17, 15) is 14.4 Å². The third kappa shape index (κ3) is 56.3. The monoisotopic (exact) mass is 981 g/mol. The van der Waals surface area contributed by atoms with Crippen molar-refractivity contribution in [1.29, 1.82) is 0 Å². The minimum Gasteiger partial charge on any atom is -0.462 e. The number of unbranched alkanes of at least 4 members (excludes halogenated alkanes) is 37. The second-order valence-electron chi connectivity index (χ2n) is 20.6. The summed E-state index contributed by atoms with van der Waals surface area (Å²) >= 11 is 0. The fraction of sp³-hybridized carbons (Fsp3) is 0.828. The van der Waals surface area contributed by atoms with Crippen molar-refractivity contribution in [3.05, 3.63) is 48.6 Å². The van der Waals surface area contributed by atoms with Crippen molar-refractivity contribution in [3.63, 3.8) is 0 Å². The summed E-state index contributed by atoms with van der Waals surface area (Å²) in [5, 5.41) is 0. The Hall–Kier alpha value is -2.63. The molecule has 0 radical (unpaired) electrons. The Bertz CT molecular complexity index is 1220. The number of hydrogen-bond donors (Lipinski definition) is 0. The summed E-state index contributed by atoms with van der Waals surface area (Å²) in [7, 11) is 0. The van der Waals surface area contributed by atoms with E-state index < -0.39 is 6.10 Å². The highest BCUT2D eigenvalue weighted by Gasteiger charge is 2.19. The fourth-order valence-electron chi connectivity index (χ4n) is 9.02. The average molecular weight is 982 g/mol. The fourth-order valence-corrected chi connectivity index (χ4v) is 9.02. The van der Waals surface area contributed by atoms with Gasteiger partial charge in [0.15, 0.2) is 6.10 Å². The Balaban J connectivity index is 4.35. The number of allylic oxidation sites excluding steroid dienone is 8. The van der Waals surface area contributed by atoms with Crippen LogP contribution in [0.25, 0.3) is 0 Å². The molecule has 0 bridgehead atoms. The maximum atomic E-state index is 12.9. The van der Waals surface area contributed by atoms with Gasteiger partial charge in [0.05, 0.1) is 0 Å². The number of hydrogen-bond acceptors (Lipinski definition) is 6. The summed E-state index contributed by atoms with van der Waals surface area (Å²) in [6.45, 7) is 6.55. The highest BCUT2D eigenvalue weighted by molar-refractivity contribution is 5.71. The molecule has 1 atom stereocenters. The summed E-state index contributed by atoms with van der Waals surface area (Å²) in [5.74, 6) is -0.904. The van der Waals surface area contributed by atoms with Crippen LogP contribution in [0.15, 0.2) is 48.6 Å². The lowest BCUT2D eigenvalue weighted by Crippen LogP contribution is -2.30. The van der Waals surface area contributed by atoms with Crippen molar-refractivity contribution >= 4 is 17.9 Å². The zero-order valence-corrected chi connectivity index (χ0v) is 46.8. The van der Waals surface area contributed by atoms with Gasteiger partial charge in [0, 0.05) is 19.3 Å². The van der Waals surface area contributed by atoms with Crippen LogP contribution in [0, 0.1) is 0 Å². The summed E-state index contributed by atoms with van der Waals surface area (Å²) < 4.78 is 16.9. The first-order valence-corrected chi connectivity index (χ1v) is 30.6. The van der Waals surface area contributed by atoms with Crippen LogP contribution in [0.2, 0.25) is 0 Å². The van der Waals surface area contributed by atoms with E-state index in [1.807, 2.05) is 0 Å². The van der Waals surface area contributed by atoms with Gasteiger partial charge in [-0.3, -0.25) is 14.4 Å². The van der Waals surface area contributed by atoms with Crippen LogP contribution in [0.3, 0.4) is 0 Å². The van der Waals surface area contributed by atoms with E-state index in [4.69, 9.17) is 14.2 Å². The van der Waals surface area contributed by atoms with Crippen LogP contribution in [0.5, 0.6) is 0 Å². The molecule has 0 heterocycles. The molecule has 0 amide bonds. The summed E-state index contributed by atoms with van der Waals surface area (Å²) in [5.41, 5.74) is 0. The van der Waals surface area contributed by atoms with Gasteiger partial charge in [0.2, 0.25) is 0 Å². The van der Waals surface area contributed by atoms with Gasteiger partial charge in [0.1, 0.15) is 13.2 Å². The molecule has 0 aromatic heterocycles. The minimum absolute atomic E-state index is 0.0814. The molecular formula is C64H116O6. The van der Waals surface area contributed by atoms with E-state index >= 15 is 0 Å². The van der Waals surface area contributed by atoms with Crippen molar-refractivity contribution in [2.45, 2.75) is 329 Å². The quantitative estimate of drug-likeness (QED) is 0.0261. The second kappa shape index (κ2) is 58.9. The highest BCUT2D eigenvalue weighted by Crippen LogP contribution is 2.17. The Kier molecular flexibility index (Phi) is 56.7. The van der Waals surface area contributed by atoms with Crippen LogP contribution in [-0.4, -0.2) is 37.2 Å². The lowest BCUT2D eigenvalue weighted by molar-refractivity contribution is -0.167. The normalized spacial score (nSPS) is 12.3. The largest absolute Gasteiger partial charge is 0.462 e. The van der Waals surface area contributed by atoms with Gasteiger partial charge in [-0.25, -0.2) is 0 Å². The van der Waals surface area contributed by atoms with Crippen molar-refractivity contribution in [1.82, 2.24) is 0 Å². The van der Waals surface area contributed by atoms with Crippen LogP contribution in [0.4, 0.5) is 0 Å². The molecule has 1 unspecified atom stereocenters. The number of carbonyl (C=O) groups is 3. The number of ether oxygens (including phenoxy) is 3. The molecule has 0 aliphatic rings. The molecule has 0 spiro atoms. The maximum Gasteiger partial charge on any atom is 0.306 e. The van der Waals surface area contributed by atoms with Crippen LogP contribution in [0.1, 0.15) is 323 Å². The highest BCUT2D eigenvalue weighted by atomic mass is 16.6. The smallest absolute Gasteiger partial charge is 0.306 e. The molecule has 6 heteroatoms. The van der Waals surface area contributed by atoms with E-state index in [1.165, 1.54) is 199 Å². The first-order valence-electron chi connectivity index (χ1n) is 30.6. The van der Waals surface area contributed by atoms with Crippen molar-refractivity contribution in [2.75, 3.05) is 13.2 Å². The zero-order chi connectivity index (χ0) is 50.7. The van der Waals surface area contributed by atoms with Crippen LogP contribution >= 0.6 is 0 Å². The summed E-state index contributed by atoms with van der Waals surface area (Å²) in [6, 6.07) is 0. The van der Waals surface area contributed by atoms with E-state index in [1.54, 1.807) is 0 Å². The molecule has 6 nitrogen and oxygen atoms in total. The number of carbonyl (C=O) groups excluding carboxylic acids is 3. The molecule has 0 saturated carbocycles. The van der Waals surface area contributed by atoms with Gasteiger partial charge >= 0.3 is 17.9 Å². The third-order valence-corrected chi connectivity index (χ3v) is 13.6. The average Bonchev–Trinajstić information content (AvgIpc) is 3.36. The molecule has 0 N–H and O–H groups in total. The molecule has 0 aliphatic heterocycles. The van der Waals surface area contributed by atoms with E-state index in [0.717, 1.165) is 83.5 Å². The predicted molar refractivity (Wildman–Crippen MR) is 302 cm³/mol. The van der Waals surface area contributed by atoms with Gasteiger partial charge in [0.25, 0.3) is 0 Å². The molecule has 0 aliphatic carbocycles. The first-order chi connectivity index (χ1) is 34.5. The predicted octanol–water partition coefficient (Wildman–Crippen LogP) is 20.6. The molecule has 0 aromatic rings. The summed E-state index contributed by atoms with van der Waals surface area (Å²) in [6.07, 6.45) is 72.6. The Labute approximate surface area is 435 Å². The number of rotatable bonds is 56. The molecule has 0 rings (SSSR count). The van der Waals surface area contributed by atoms with E-state index in [-0.39, 0.29) is 31.1 Å². The molecule has 0 aromatic carbocycles. The zero-order valence-electron chi connectivity index (χ0n) is 46.8. The molecular weight excluding hydrogens is 865 g/mol. The van der Waals surface area contributed by atoms with E-state index in [2.05, 4.69) is 69.4 Å². The maximum absolute atomic E-state index is 12.9. The molecule has 70 heavy (non-hydrogen) atoms. The van der Waals surface area contributed by atoms with Crippen molar-refractivity contribution in [2.24, 2.45) is 0 Å². The third-order valence-electron chi connectivity index (χ3n) is 13.6. The van der Waals surface area contributed by atoms with Crippen molar-refractivity contribution in [3.8, 4) is 0 Å². The molecule has 408 valence electrons. The van der Waals surface area contributed by atoms with Gasteiger partial charge in [-0.15, -0.1) is 0 Å². The number of esters is 3. The van der Waals surface area contributed by atoms with Crippen molar-refractivity contribution < 1.29 is 28.6 Å². The topological polar surface area (TPSA) is 78.9 Å². The van der Waals surface area contributed by atoms with E-state index in [0.29, 0.717) is 19.3 Å². The molecule has 0 fully saturated rings. The van der Waals surface area contributed by atoms with Crippen LogP contribution < -0.4 is 0 Å². The van der Waals surface area contributed by atoms with Gasteiger partial charge in [-0.05, 0) is 57.8 Å². The first kappa shape index (κ1) is 67.4.